The molecule has 2 rings (SSSR count). The van der Waals surface area contributed by atoms with Crippen LogP contribution in [-0.2, 0) is 26.3 Å². The molecule has 1 atom stereocenters. The summed E-state index contributed by atoms with van der Waals surface area (Å²) in [5, 5.41) is 10.3. The van der Waals surface area contributed by atoms with Gasteiger partial charge in [0.2, 0.25) is 10.0 Å². The number of urea groups is 1. The molecule has 0 aromatic heterocycles. The Kier molecular flexibility index (Phi) is 5.27. The van der Waals surface area contributed by atoms with Gasteiger partial charge in [-0.3, -0.25) is 0 Å². The minimum absolute atomic E-state index is 0.0184. The molecule has 1 aliphatic heterocycles. The molecule has 0 radical (unpaired) electrons. The molecule has 1 heterocycles. The van der Waals surface area contributed by atoms with E-state index < -0.39 is 25.9 Å². The molecule has 1 unspecified atom stereocenters. The van der Waals surface area contributed by atoms with Gasteiger partial charge >= 0.3 is 6.03 Å². The number of hydrogen-bond donors (Lipinski definition) is 3. The standard InChI is InChI=1S/C13H19N3O5S2/c14-23(20,21)12-3-1-10(2-4-12)5-7-15-13(17)16-11-6-8-22(18,19)9-11/h1-4,11H,5-9H2,(H2,14,20,21)(H2,15,16,17). The van der Waals surface area contributed by atoms with E-state index in [1.165, 1.54) is 12.1 Å². The summed E-state index contributed by atoms with van der Waals surface area (Å²) in [7, 11) is -6.73. The van der Waals surface area contributed by atoms with E-state index in [2.05, 4.69) is 10.6 Å². The van der Waals surface area contributed by atoms with E-state index in [0.717, 1.165) is 5.56 Å². The van der Waals surface area contributed by atoms with Crippen molar-refractivity contribution in [3.63, 3.8) is 0 Å². The van der Waals surface area contributed by atoms with Crippen LogP contribution in [0.3, 0.4) is 0 Å². The number of nitrogens with one attached hydrogen (secondary N) is 2. The molecule has 128 valence electrons. The Balaban J connectivity index is 1.75. The highest BCUT2D eigenvalue weighted by molar-refractivity contribution is 7.91. The first-order valence-corrected chi connectivity index (χ1v) is 10.4. The lowest BCUT2D eigenvalue weighted by atomic mass is 10.1. The van der Waals surface area contributed by atoms with E-state index in [1.54, 1.807) is 12.1 Å². The molecule has 0 saturated carbocycles. The van der Waals surface area contributed by atoms with Gasteiger partial charge in [-0.05, 0) is 30.5 Å². The third-order valence-corrected chi connectivity index (χ3v) is 6.22. The molecule has 0 spiro atoms. The first-order valence-electron chi connectivity index (χ1n) is 7.02. The third kappa shape index (κ3) is 5.48. The van der Waals surface area contributed by atoms with Gasteiger partial charge in [0.05, 0.1) is 16.4 Å². The van der Waals surface area contributed by atoms with Crippen molar-refractivity contribution in [2.75, 3.05) is 18.1 Å². The Morgan fingerprint density at radius 3 is 2.43 bits per heavy atom. The van der Waals surface area contributed by atoms with Gasteiger partial charge in [0.1, 0.15) is 0 Å². The van der Waals surface area contributed by atoms with Crippen molar-refractivity contribution < 1.29 is 21.6 Å². The zero-order chi connectivity index (χ0) is 17.1. The number of sulfonamides is 1. The largest absolute Gasteiger partial charge is 0.338 e. The van der Waals surface area contributed by atoms with Crippen molar-refractivity contribution in [3.05, 3.63) is 29.8 Å². The molecule has 0 aliphatic carbocycles. The smallest absolute Gasteiger partial charge is 0.315 e. The summed E-state index contributed by atoms with van der Waals surface area (Å²) >= 11 is 0. The van der Waals surface area contributed by atoms with Gasteiger partial charge < -0.3 is 10.6 Å². The van der Waals surface area contributed by atoms with Gasteiger partial charge in [-0.1, -0.05) is 12.1 Å². The molecule has 2 amide bonds. The van der Waals surface area contributed by atoms with Crippen molar-refractivity contribution >= 4 is 25.9 Å². The van der Waals surface area contributed by atoms with Crippen LogP contribution >= 0.6 is 0 Å². The van der Waals surface area contributed by atoms with Crippen LogP contribution in [0.15, 0.2) is 29.2 Å². The number of sulfone groups is 1. The van der Waals surface area contributed by atoms with E-state index >= 15 is 0 Å². The molecule has 1 aromatic carbocycles. The number of carbonyl (C=O) groups is 1. The second kappa shape index (κ2) is 6.85. The minimum atomic E-state index is -3.71. The Bertz CT molecular complexity index is 772. The number of carbonyl (C=O) groups excluding carboxylic acids is 1. The highest BCUT2D eigenvalue weighted by atomic mass is 32.2. The SMILES string of the molecule is NS(=O)(=O)c1ccc(CCNC(=O)NC2CCS(=O)(=O)C2)cc1. The van der Waals surface area contributed by atoms with Crippen molar-refractivity contribution in [1.29, 1.82) is 0 Å². The first kappa shape index (κ1) is 17.7. The molecule has 10 heteroatoms. The van der Waals surface area contributed by atoms with E-state index in [1.807, 2.05) is 0 Å². The number of amides is 2. The van der Waals surface area contributed by atoms with Gasteiger partial charge in [0, 0.05) is 12.6 Å². The average molecular weight is 361 g/mol. The van der Waals surface area contributed by atoms with Crippen molar-refractivity contribution in [1.82, 2.24) is 10.6 Å². The zero-order valence-corrected chi connectivity index (χ0v) is 14.0. The van der Waals surface area contributed by atoms with Crippen LogP contribution in [0.25, 0.3) is 0 Å². The minimum Gasteiger partial charge on any atom is -0.338 e. The second-order valence-electron chi connectivity index (χ2n) is 5.44. The number of rotatable bonds is 5. The summed E-state index contributed by atoms with van der Waals surface area (Å²) in [6, 6.07) is 5.33. The summed E-state index contributed by atoms with van der Waals surface area (Å²) in [6.07, 6.45) is 0.950. The lowest BCUT2D eigenvalue weighted by Gasteiger charge is -2.12. The van der Waals surface area contributed by atoms with Gasteiger partial charge in [-0.15, -0.1) is 0 Å². The summed E-state index contributed by atoms with van der Waals surface area (Å²) in [4.78, 5) is 11.7. The Morgan fingerprint density at radius 1 is 1.26 bits per heavy atom. The quantitative estimate of drug-likeness (QED) is 0.641. The summed E-state index contributed by atoms with van der Waals surface area (Å²) in [5.41, 5.74) is 0.848. The molecule has 1 aromatic rings. The maximum Gasteiger partial charge on any atom is 0.315 e. The van der Waals surface area contributed by atoms with E-state index in [9.17, 15) is 21.6 Å². The van der Waals surface area contributed by atoms with Crippen LogP contribution in [0.5, 0.6) is 0 Å². The van der Waals surface area contributed by atoms with E-state index in [-0.39, 0.29) is 22.4 Å². The maximum atomic E-state index is 11.7. The van der Waals surface area contributed by atoms with Gasteiger partial charge in [-0.25, -0.2) is 26.8 Å². The lowest BCUT2D eigenvalue weighted by molar-refractivity contribution is 0.238. The summed E-state index contributed by atoms with van der Waals surface area (Å²) < 4.78 is 44.8. The van der Waals surface area contributed by atoms with Crippen molar-refractivity contribution in [2.24, 2.45) is 5.14 Å². The highest BCUT2D eigenvalue weighted by Gasteiger charge is 2.28. The molecule has 1 saturated heterocycles. The van der Waals surface area contributed by atoms with Crippen LogP contribution in [0.4, 0.5) is 4.79 Å². The normalized spacial score (nSPS) is 20.1. The van der Waals surface area contributed by atoms with Crippen LogP contribution in [0.2, 0.25) is 0 Å². The molecule has 23 heavy (non-hydrogen) atoms. The molecule has 1 fully saturated rings. The van der Waals surface area contributed by atoms with Gasteiger partial charge in [0.15, 0.2) is 9.84 Å². The Labute approximate surface area is 135 Å². The summed E-state index contributed by atoms with van der Waals surface area (Å²) in [6.45, 7) is 0.347. The third-order valence-electron chi connectivity index (χ3n) is 3.52. The van der Waals surface area contributed by atoms with Gasteiger partial charge in [0.25, 0.3) is 0 Å². The number of benzene rings is 1. The van der Waals surface area contributed by atoms with E-state index in [4.69, 9.17) is 5.14 Å². The van der Waals surface area contributed by atoms with Crippen molar-refractivity contribution in [3.8, 4) is 0 Å². The first-order chi connectivity index (χ1) is 10.7. The Hall–Kier alpha value is -1.65. The van der Waals surface area contributed by atoms with Crippen LogP contribution in [0.1, 0.15) is 12.0 Å². The second-order valence-corrected chi connectivity index (χ2v) is 9.23. The monoisotopic (exact) mass is 361 g/mol. The predicted molar refractivity (Wildman–Crippen MR) is 85.1 cm³/mol. The van der Waals surface area contributed by atoms with Crippen molar-refractivity contribution in [2.45, 2.75) is 23.8 Å². The molecular weight excluding hydrogens is 342 g/mol. The average Bonchev–Trinajstić information content (AvgIpc) is 2.77. The Morgan fingerprint density at radius 2 is 1.91 bits per heavy atom. The number of primary sulfonamides is 1. The number of nitrogens with two attached hydrogens (primary N) is 1. The molecule has 0 bridgehead atoms. The lowest BCUT2D eigenvalue weighted by Crippen LogP contribution is -2.43. The van der Waals surface area contributed by atoms with Crippen LogP contribution < -0.4 is 15.8 Å². The molecular formula is C13H19N3O5S2. The predicted octanol–water partition coefficient (Wildman–Crippen LogP) is -0.637. The molecule has 4 N–H and O–H groups in total. The zero-order valence-electron chi connectivity index (χ0n) is 12.4. The fourth-order valence-electron chi connectivity index (χ4n) is 2.31. The topological polar surface area (TPSA) is 135 Å². The fraction of sp³-hybridized carbons (Fsp3) is 0.462. The number of hydrogen-bond acceptors (Lipinski definition) is 5. The van der Waals surface area contributed by atoms with Gasteiger partial charge in [-0.2, -0.15) is 0 Å². The van der Waals surface area contributed by atoms with E-state index in [0.29, 0.717) is 19.4 Å². The van der Waals surface area contributed by atoms with Crippen LogP contribution in [0, 0.1) is 0 Å². The molecule has 8 nitrogen and oxygen atoms in total. The molecule has 1 aliphatic rings. The fourth-order valence-corrected chi connectivity index (χ4v) is 4.50. The van der Waals surface area contributed by atoms with Crippen LogP contribution in [-0.4, -0.2) is 47.0 Å². The maximum absolute atomic E-state index is 11.7. The highest BCUT2D eigenvalue weighted by Crippen LogP contribution is 2.11. The summed E-state index contributed by atoms with van der Waals surface area (Å²) in [5.74, 6) is 0.0871.